The standard InChI is InChI=1S/C16H12IN3/c17-14-10-19-16(20-15(14)18)13-8-6-12(7-9-13)11-4-2-1-3-5-11/h1-10H,(H2,18,19,20). The number of hydrogen-bond donors (Lipinski definition) is 1. The number of anilines is 1. The van der Waals surface area contributed by atoms with E-state index in [1.807, 2.05) is 30.3 Å². The smallest absolute Gasteiger partial charge is 0.161 e. The SMILES string of the molecule is Nc1nc(-c2ccc(-c3ccccc3)cc2)ncc1I. The summed E-state index contributed by atoms with van der Waals surface area (Å²) in [6, 6.07) is 18.4. The molecule has 3 nitrogen and oxygen atoms in total. The number of nitrogens with zero attached hydrogens (tertiary/aromatic N) is 2. The number of nitrogens with two attached hydrogens (primary N) is 1. The summed E-state index contributed by atoms with van der Waals surface area (Å²) in [4.78, 5) is 8.62. The van der Waals surface area contributed by atoms with Crippen LogP contribution in [0.3, 0.4) is 0 Å². The normalized spacial score (nSPS) is 10.4. The fourth-order valence-corrected chi connectivity index (χ4v) is 2.22. The van der Waals surface area contributed by atoms with Gasteiger partial charge >= 0.3 is 0 Å². The summed E-state index contributed by atoms with van der Waals surface area (Å²) in [6.45, 7) is 0. The zero-order chi connectivity index (χ0) is 13.9. The number of hydrogen-bond acceptors (Lipinski definition) is 3. The van der Waals surface area contributed by atoms with E-state index in [0.29, 0.717) is 11.6 Å². The largest absolute Gasteiger partial charge is 0.383 e. The zero-order valence-electron chi connectivity index (χ0n) is 10.6. The predicted octanol–water partition coefficient (Wildman–Crippen LogP) is 4.00. The predicted molar refractivity (Wildman–Crippen MR) is 90.0 cm³/mol. The van der Waals surface area contributed by atoms with Gasteiger partial charge in [-0.3, -0.25) is 0 Å². The van der Waals surface area contributed by atoms with Crippen LogP contribution in [0.15, 0.2) is 60.8 Å². The second kappa shape index (κ2) is 5.58. The summed E-state index contributed by atoms with van der Waals surface area (Å²) in [5, 5.41) is 0. The highest BCUT2D eigenvalue weighted by Gasteiger charge is 2.05. The lowest BCUT2D eigenvalue weighted by Crippen LogP contribution is -1.98. The Balaban J connectivity index is 1.95. The molecule has 0 aliphatic rings. The Kier molecular flexibility index (Phi) is 3.64. The van der Waals surface area contributed by atoms with Crippen molar-refractivity contribution in [2.45, 2.75) is 0 Å². The number of aromatic nitrogens is 2. The Morgan fingerprint density at radius 1 is 0.800 bits per heavy atom. The molecule has 20 heavy (non-hydrogen) atoms. The van der Waals surface area contributed by atoms with Crippen molar-refractivity contribution in [2.75, 3.05) is 5.73 Å². The van der Waals surface area contributed by atoms with Gasteiger partial charge in [-0.05, 0) is 33.7 Å². The molecule has 0 radical (unpaired) electrons. The van der Waals surface area contributed by atoms with Gasteiger partial charge in [-0.2, -0.15) is 0 Å². The van der Waals surface area contributed by atoms with Crippen molar-refractivity contribution in [1.82, 2.24) is 9.97 Å². The molecule has 0 bridgehead atoms. The molecule has 0 atom stereocenters. The van der Waals surface area contributed by atoms with Crippen molar-refractivity contribution in [3.05, 3.63) is 64.4 Å². The minimum absolute atomic E-state index is 0.516. The van der Waals surface area contributed by atoms with Gasteiger partial charge in [-0.1, -0.05) is 54.6 Å². The Bertz CT molecular complexity index is 724. The molecule has 4 heteroatoms. The summed E-state index contributed by atoms with van der Waals surface area (Å²) in [5.41, 5.74) is 9.16. The molecular weight excluding hydrogens is 361 g/mol. The second-order valence-corrected chi connectivity index (χ2v) is 5.53. The van der Waals surface area contributed by atoms with Gasteiger partial charge in [0.25, 0.3) is 0 Å². The molecule has 0 fully saturated rings. The zero-order valence-corrected chi connectivity index (χ0v) is 12.8. The lowest BCUT2D eigenvalue weighted by Gasteiger charge is -2.05. The summed E-state index contributed by atoms with van der Waals surface area (Å²) in [7, 11) is 0. The molecular formula is C16H12IN3. The molecule has 0 amide bonds. The van der Waals surface area contributed by atoms with Gasteiger partial charge in [0.2, 0.25) is 0 Å². The quantitative estimate of drug-likeness (QED) is 0.691. The van der Waals surface area contributed by atoms with Crippen LogP contribution in [0.2, 0.25) is 0 Å². The first-order valence-corrected chi connectivity index (χ1v) is 7.26. The van der Waals surface area contributed by atoms with Gasteiger partial charge in [0.05, 0.1) is 3.57 Å². The summed E-state index contributed by atoms with van der Waals surface area (Å²) >= 11 is 2.12. The third kappa shape index (κ3) is 2.65. The number of rotatable bonds is 2. The molecule has 2 aromatic carbocycles. The highest BCUT2D eigenvalue weighted by Crippen LogP contribution is 2.23. The van der Waals surface area contributed by atoms with Crippen molar-refractivity contribution in [1.29, 1.82) is 0 Å². The second-order valence-electron chi connectivity index (χ2n) is 4.37. The van der Waals surface area contributed by atoms with Crippen molar-refractivity contribution in [3.8, 4) is 22.5 Å². The average Bonchev–Trinajstić information content (AvgIpc) is 2.51. The number of benzene rings is 2. The topological polar surface area (TPSA) is 51.8 Å². The molecule has 0 aliphatic heterocycles. The van der Waals surface area contributed by atoms with Gasteiger partial charge in [0.1, 0.15) is 5.82 Å². The van der Waals surface area contributed by atoms with Crippen LogP contribution in [0.25, 0.3) is 22.5 Å². The van der Waals surface area contributed by atoms with Crippen molar-refractivity contribution >= 4 is 28.4 Å². The lowest BCUT2D eigenvalue weighted by molar-refractivity contribution is 1.17. The first-order chi connectivity index (χ1) is 9.74. The van der Waals surface area contributed by atoms with E-state index in [0.717, 1.165) is 9.13 Å². The highest BCUT2D eigenvalue weighted by molar-refractivity contribution is 14.1. The maximum atomic E-state index is 5.82. The van der Waals surface area contributed by atoms with Crippen LogP contribution in [0.4, 0.5) is 5.82 Å². The Hall–Kier alpha value is -1.95. The Morgan fingerprint density at radius 2 is 1.40 bits per heavy atom. The van der Waals surface area contributed by atoms with Crippen LogP contribution in [-0.4, -0.2) is 9.97 Å². The van der Waals surface area contributed by atoms with E-state index in [1.165, 1.54) is 11.1 Å². The van der Waals surface area contributed by atoms with Crippen LogP contribution in [0.1, 0.15) is 0 Å². The lowest BCUT2D eigenvalue weighted by atomic mass is 10.0. The van der Waals surface area contributed by atoms with E-state index in [2.05, 4.69) is 56.8 Å². The highest BCUT2D eigenvalue weighted by atomic mass is 127. The van der Waals surface area contributed by atoms with Gasteiger partial charge in [0, 0.05) is 11.8 Å². The van der Waals surface area contributed by atoms with Gasteiger partial charge in [-0.15, -0.1) is 0 Å². The average molecular weight is 373 g/mol. The van der Waals surface area contributed by atoms with E-state index in [-0.39, 0.29) is 0 Å². The molecule has 98 valence electrons. The van der Waals surface area contributed by atoms with E-state index < -0.39 is 0 Å². The summed E-state index contributed by atoms with van der Waals surface area (Å²) in [6.07, 6.45) is 1.74. The first-order valence-electron chi connectivity index (χ1n) is 6.18. The van der Waals surface area contributed by atoms with Crippen LogP contribution in [0.5, 0.6) is 0 Å². The molecule has 3 aromatic rings. The monoisotopic (exact) mass is 373 g/mol. The third-order valence-corrected chi connectivity index (χ3v) is 3.85. The molecule has 0 aliphatic carbocycles. The fraction of sp³-hybridized carbons (Fsp3) is 0. The molecule has 0 unspecified atom stereocenters. The minimum atomic E-state index is 0.516. The van der Waals surface area contributed by atoms with Crippen molar-refractivity contribution < 1.29 is 0 Å². The van der Waals surface area contributed by atoms with Crippen LogP contribution < -0.4 is 5.73 Å². The van der Waals surface area contributed by atoms with Crippen molar-refractivity contribution in [2.24, 2.45) is 0 Å². The maximum Gasteiger partial charge on any atom is 0.161 e. The van der Waals surface area contributed by atoms with Gasteiger partial charge in [-0.25, -0.2) is 9.97 Å². The van der Waals surface area contributed by atoms with Crippen molar-refractivity contribution in [3.63, 3.8) is 0 Å². The molecule has 0 spiro atoms. The molecule has 0 saturated heterocycles. The van der Waals surface area contributed by atoms with Gasteiger partial charge < -0.3 is 5.73 Å². The summed E-state index contributed by atoms with van der Waals surface area (Å²) in [5.74, 6) is 1.17. The van der Waals surface area contributed by atoms with Crippen LogP contribution >= 0.6 is 22.6 Å². The van der Waals surface area contributed by atoms with Gasteiger partial charge in [0.15, 0.2) is 5.82 Å². The molecule has 0 saturated carbocycles. The molecule has 1 aromatic heterocycles. The molecule has 1 heterocycles. The summed E-state index contributed by atoms with van der Waals surface area (Å²) < 4.78 is 0.868. The van der Waals surface area contributed by atoms with Crippen LogP contribution in [-0.2, 0) is 0 Å². The Labute approximate surface area is 131 Å². The first kappa shape index (κ1) is 13.1. The van der Waals surface area contributed by atoms with Crippen LogP contribution in [0, 0.1) is 3.57 Å². The fourth-order valence-electron chi connectivity index (χ4n) is 1.96. The molecule has 3 rings (SSSR count). The number of nitrogen functional groups attached to an aromatic ring is 1. The minimum Gasteiger partial charge on any atom is -0.383 e. The number of halogens is 1. The maximum absolute atomic E-state index is 5.82. The van der Waals surface area contributed by atoms with E-state index in [4.69, 9.17) is 5.73 Å². The third-order valence-electron chi connectivity index (χ3n) is 3.02. The van der Waals surface area contributed by atoms with E-state index in [1.54, 1.807) is 6.20 Å². The molecule has 2 N–H and O–H groups in total. The van der Waals surface area contributed by atoms with E-state index in [9.17, 15) is 0 Å². The van der Waals surface area contributed by atoms with E-state index >= 15 is 0 Å². The Morgan fingerprint density at radius 3 is 2.05 bits per heavy atom.